The minimum Gasteiger partial charge on any atom is -0.246 e. The van der Waals surface area contributed by atoms with Gasteiger partial charge in [0.05, 0.1) is 0 Å². The summed E-state index contributed by atoms with van der Waals surface area (Å²) < 4.78 is 26.8. The predicted octanol–water partition coefficient (Wildman–Crippen LogP) is 3.39. The van der Waals surface area contributed by atoms with Gasteiger partial charge in [0, 0.05) is 11.8 Å². The lowest BCUT2D eigenvalue weighted by molar-refractivity contribution is 0.590. The van der Waals surface area contributed by atoms with E-state index >= 15 is 0 Å². The smallest absolute Gasteiger partial charge is 0.133 e. The van der Waals surface area contributed by atoms with Crippen molar-refractivity contribution >= 4 is 11.8 Å². The molecule has 4 heteroatoms. The summed E-state index contributed by atoms with van der Waals surface area (Å²) >= 11 is 0. The first kappa shape index (κ1) is 12.8. The Hall–Kier alpha value is -2.28. The quantitative estimate of drug-likeness (QED) is 0.581. The average Bonchev–Trinajstić information content (AvgIpc) is 2.30. The van der Waals surface area contributed by atoms with Crippen molar-refractivity contribution in [3.8, 4) is 6.07 Å². The molecule has 0 N–H and O–H groups in total. The van der Waals surface area contributed by atoms with Gasteiger partial charge in [0.25, 0.3) is 0 Å². The zero-order valence-electron chi connectivity index (χ0n) is 9.30. The number of allylic oxidation sites excluding steroid dienone is 2. The standard InChI is InChI=1S/C13H10F2N2/c1-8-4-13(15)11(5-12(8)14)9(2)7-17-10(3)6-16/h4-5,7H,2-3H2,1H3. The normalized spacial score (nSPS) is 10.2. The molecule has 0 atom stereocenters. The van der Waals surface area contributed by atoms with Crippen LogP contribution in [0.2, 0.25) is 0 Å². The summed E-state index contributed by atoms with van der Waals surface area (Å²) in [6, 6.07) is 3.84. The third-order valence-corrected chi connectivity index (χ3v) is 2.10. The summed E-state index contributed by atoms with van der Waals surface area (Å²) in [4.78, 5) is 3.64. The molecule has 2 nitrogen and oxygen atoms in total. The lowest BCUT2D eigenvalue weighted by Crippen LogP contribution is -1.94. The van der Waals surface area contributed by atoms with E-state index in [0.717, 1.165) is 12.1 Å². The molecule has 1 aromatic carbocycles. The minimum atomic E-state index is -0.581. The van der Waals surface area contributed by atoms with Gasteiger partial charge in [-0.3, -0.25) is 0 Å². The van der Waals surface area contributed by atoms with Crippen molar-refractivity contribution in [2.24, 2.45) is 4.99 Å². The van der Waals surface area contributed by atoms with Crippen LogP contribution in [0.1, 0.15) is 11.1 Å². The number of aryl methyl sites for hydroxylation is 1. The molecule has 0 spiro atoms. The van der Waals surface area contributed by atoms with E-state index in [0.29, 0.717) is 0 Å². The number of benzene rings is 1. The van der Waals surface area contributed by atoms with Gasteiger partial charge in [-0.25, -0.2) is 13.8 Å². The highest BCUT2D eigenvalue weighted by Crippen LogP contribution is 2.19. The summed E-state index contributed by atoms with van der Waals surface area (Å²) in [5, 5.41) is 8.43. The van der Waals surface area contributed by atoms with Crippen LogP contribution in [-0.4, -0.2) is 6.21 Å². The van der Waals surface area contributed by atoms with Crippen LogP contribution in [0.25, 0.3) is 5.57 Å². The zero-order chi connectivity index (χ0) is 13.0. The zero-order valence-corrected chi connectivity index (χ0v) is 9.30. The van der Waals surface area contributed by atoms with Gasteiger partial charge in [-0.15, -0.1) is 0 Å². The van der Waals surface area contributed by atoms with Gasteiger partial charge in [-0.05, 0) is 30.2 Å². The summed E-state index contributed by atoms with van der Waals surface area (Å²) in [6.45, 7) is 8.35. The highest BCUT2D eigenvalue weighted by molar-refractivity contribution is 6.09. The largest absolute Gasteiger partial charge is 0.246 e. The van der Waals surface area contributed by atoms with Gasteiger partial charge in [0.2, 0.25) is 0 Å². The molecular weight excluding hydrogens is 222 g/mol. The van der Waals surface area contributed by atoms with Gasteiger partial charge >= 0.3 is 0 Å². The molecule has 86 valence electrons. The average molecular weight is 232 g/mol. The number of aliphatic imine (C=N–C) groups is 1. The molecule has 0 aromatic heterocycles. The van der Waals surface area contributed by atoms with Crippen LogP contribution < -0.4 is 0 Å². The number of nitrogens with zero attached hydrogens (tertiary/aromatic N) is 2. The molecule has 0 bridgehead atoms. The van der Waals surface area contributed by atoms with E-state index in [1.165, 1.54) is 13.1 Å². The van der Waals surface area contributed by atoms with E-state index in [1.807, 2.05) is 0 Å². The van der Waals surface area contributed by atoms with Crippen LogP contribution >= 0.6 is 0 Å². The first-order chi connectivity index (χ1) is 7.95. The van der Waals surface area contributed by atoms with E-state index < -0.39 is 11.6 Å². The Morgan fingerprint density at radius 2 is 2.00 bits per heavy atom. The number of hydrogen-bond acceptors (Lipinski definition) is 2. The summed E-state index contributed by atoms with van der Waals surface area (Å²) in [6.07, 6.45) is 1.18. The van der Waals surface area contributed by atoms with E-state index in [-0.39, 0.29) is 22.4 Å². The van der Waals surface area contributed by atoms with Gasteiger partial charge in [0.1, 0.15) is 23.4 Å². The Morgan fingerprint density at radius 1 is 1.35 bits per heavy atom. The molecule has 17 heavy (non-hydrogen) atoms. The van der Waals surface area contributed by atoms with Crippen molar-refractivity contribution in [1.82, 2.24) is 0 Å². The molecular formula is C13H10F2N2. The maximum atomic E-state index is 13.5. The maximum absolute atomic E-state index is 13.5. The molecule has 0 fully saturated rings. The van der Waals surface area contributed by atoms with Crippen LogP contribution in [0.4, 0.5) is 8.78 Å². The molecule has 0 aliphatic rings. The second-order valence-corrected chi connectivity index (χ2v) is 3.42. The van der Waals surface area contributed by atoms with Crippen LogP contribution in [0.3, 0.4) is 0 Å². The Bertz CT molecular complexity index is 551. The van der Waals surface area contributed by atoms with Crippen LogP contribution in [0, 0.1) is 29.9 Å². The second-order valence-electron chi connectivity index (χ2n) is 3.42. The lowest BCUT2D eigenvalue weighted by atomic mass is 10.1. The highest BCUT2D eigenvalue weighted by Gasteiger charge is 2.08. The molecule has 1 rings (SSSR count). The third-order valence-electron chi connectivity index (χ3n) is 2.10. The number of halogens is 2. The van der Waals surface area contributed by atoms with Gasteiger partial charge in [-0.2, -0.15) is 5.26 Å². The highest BCUT2D eigenvalue weighted by atomic mass is 19.1. The van der Waals surface area contributed by atoms with Crippen molar-refractivity contribution in [1.29, 1.82) is 5.26 Å². The Kier molecular flexibility index (Phi) is 3.89. The molecule has 0 radical (unpaired) electrons. The maximum Gasteiger partial charge on any atom is 0.133 e. The van der Waals surface area contributed by atoms with E-state index in [1.54, 1.807) is 6.07 Å². The second kappa shape index (κ2) is 5.17. The minimum absolute atomic E-state index is 0.0163. The summed E-state index contributed by atoms with van der Waals surface area (Å²) in [7, 11) is 0. The molecule has 0 saturated carbocycles. The van der Waals surface area contributed by atoms with E-state index in [2.05, 4.69) is 18.2 Å². The molecule has 0 unspecified atom stereocenters. The Morgan fingerprint density at radius 3 is 2.59 bits per heavy atom. The summed E-state index contributed by atoms with van der Waals surface area (Å²) in [5.41, 5.74) is 0.386. The van der Waals surface area contributed by atoms with Crippen molar-refractivity contribution < 1.29 is 8.78 Å². The summed E-state index contributed by atoms with van der Waals surface area (Å²) in [5.74, 6) is -1.10. The Labute approximate surface area is 98.2 Å². The van der Waals surface area contributed by atoms with Crippen molar-refractivity contribution in [2.75, 3.05) is 0 Å². The first-order valence-corrected chi connectivity index (χ1v) is 4.73. The monoisotopic (exact) mass is 232 g/mol. The molecule has 1 aromatic rings. The van der Waals surface area contributed by atoms with Crippen molar-refractivity contribution in [3.05, 3.63) is 53.7 Å². The first-order valence-electron chi connectivity index (χ1n) is 4.73. The van der Waals surface area contributed by atoms with Crippen LogP contribution in [-0.2, 0) is 0 Å². The molecule has 0 heterocycles. The van der Waals surface area contributed by atoms with Gasteiger partial charge in [-0.1, -0.05) is 13.2 Å². The predicted molar refractivity (Wildman–Crippen MR) is 63.4 cm³/mol. The fourth-order valence-electron chi connectivity index (χ4n) is 1.15. The van der Waals surface area contributed by atoms with E-state index in [9.17, 15) is 8.78 Å². The van der Waals surface area contributed by atoms with Crippen molar-refractivity contribution in [2.45, 2.75) is 6.92 Å². The number of nitriles is 1. The SMILES string of the molecule is C=C(C#N)N=CC(=C)c1cc(F)c(C)cc1F. The fourth-order valence-corrected chi connectivity index (χ4v) is 1.15. The van der Waals surface area contributed by atoms with Crippen LogP contribution in [0.5, 0.6) is 0 Å². The molecule has 0 aliphatic carbocycles. The molecule has 0 saturated heterocycles. The Balaban J connectivity index is 3.06. The van der Waals surface area contributed by atoms with Crippen molar-refractivity contribution in [3.63, 3.8) is 0 Å². The van der Waals surface area contributed by atoms with E-state index in [4.69, 9.17) is 5.26 Å². The third kappa shape index (κ3) is 3.08. The van der Waals surface area contributed by atoms with Gasteiger partial charge < -0.3 is 0 Å². The molecule has 0 aliphatic heterocycles. The fraction of sp³-hybridized carbons (Fsp3) is 0.0769. The lowest BCUT2D eigenvalue weighted by Gasteiger charge is -2.04. The number of hydrogen-bond donors (Lipinski definition) is 0. The molecule has 0 amide bonds. The van der Waals surface area contributed by atoms with Gasteiger partial charge in [0.15, 0.2) is 0 Å². The number of rotatable bonds is 3. The topological polar surface area (TPSA) is 36.1 Å². The van der Waals surface area contributed by atoms with Crippen LogP contribution in [0.15, 0.2) is 36.0 Å².